The fourth-order valence-corrected chi connectivity index (χ4v) is 3.84. The third-order valence-corrected chi connectivity index (χ3v) is 4.83. The van der Waals surface area contributed by atoms with Crippen molar-refractivity contribution in [2.75, 3.05) is 0 Å². The predicted octanol–water partition coefficient (Wildman–Crippen LogP) is 2.91. The summed E-state index contributed by atoms with van der Waals surface area (Å²) >= 11 is 9.30. The lowest BCUT2D eigenvalue weighted by Gasteiger charge is -2.45. The molecule has 23 heavy (non-hydrogen) atoms. The first kappa shape index (κ1) is 18.0. The number of nitrogens with one attached hydrogen (secondary N) is 1. The third-order valence-electron chi connectivity index (χ3n) is 4.02. The highest BCUT2D eigenvalue weighted by molar-refractivity contribution is 9.10. The van der Waals surface area contributed by atoms with Gasteiger partial charge in [0, 0.05) is 29.1 Å². The van der Waals surface area contributed by atoms with Crippen molar-refractivity contribution in [2.24, 2.45) is 5.73 Å². The van der Waals surface area contributed by atoms with Gasteiger partial charge in [0.2, 0.25) is 5.91 Å². The number of aromatic nitrogens is 1. The van der Waals surface area contributed by atoms with E-state index in [2.05, 4.69) is 26.2 Å². The van der Waals surface area contributed by atoms with Crippen molar-refractivity contribution in [1.29, 1.82) is 0 Å². The average molecular weight is 405 g/mol. The van der Waals surface area contributed by atoms with Gasteiger partial charge in [0.15, 0.2) is 0 Å². The highest BCUT2D eigenvalue weighted by Crippen LogP contribution is 2.36. The van der Waals surface area contributed by atoms with Crippen molar-refractivity contribution in [3.05, 3.63) is 27.5 Å². The van der Waals surface area contributed by atoms with Gasteiger partial charge >= 0.3 is 6.09 Å². The van der Waals surface area contributed by atoms with Crippen molar-refractivity contribution < 1.29 is 14.3 Å². The first-order valence-corrected chi connectivity index (χ1v) is 8.31. The summed E-state index contributed by atoms with van der Waals surface area (Å²) in [4.78, 5) is 27.7. The van der Waals surface area contributed by atoms with Gasteiger partial charge in [-0.2, -0.15) is 0 Å². The third kappa shape index (κ3) is 3.95. The molecule has 6 nitrogen and oxygen atoms in total. The van der Waals surface area contributed by atoms with Gasteiger partial charge < -0.3 is 15.8 Å². The molecule has 1 aliphatic carbocycles. The Bertz CT molecular complexity index is 645. The van der Waals surface area contributed by atoms with E-state index in [9.17, 15) is 9.59 Å². The van der Waals surface area contributed by atoms with E-state index < -0.39 is 17.0 Å². The van der Waals surface area contributed by atoms with Crippen LogP contribution in [0.3, 0.4) is 0 Å². The highest BCUT2D eigenvalue weighted by Gasteiger charge is 2.46. The summed E-state index contributed by atoms with van der Waals surface area (Å²) in [7, 11) is 0. The number of nitrogens with two attached hydrogens (primary N) is 1. The Kier molecular flexibility index (Phi) is 4.92. The molecule has 3 N–H and O–H groups in total. The molecule has 0 radical (unpaired) electrons. The van der Waals surface area contributed by atoms with E-state index in [1.165, 1.54) is 6.20 Å². The van der Waals surface area contributed by atoms with Crippen LogP contribution in [0.2, 0.25) is 5.02 Å². The summed E-state index contributed by atoms with van der Waals surface area (Å²) in [6.45, 7) is 5.50. The van der Waals surface area contributed by atoms with Crippen molar-refractivity contribution in [2.45, 2.75) is 50.7 Å². The number of hydrogen-bond acceptors (Lipinski definition) is 4. The maximum atomic E-state index is 12.7. The van der Waals surface area contributed by atoms with Crippen LogP contribution in [0, 0.1) is 0 Å². The van der Waals surface area contributed by atoms with E-state index in [0.717, 1.165) is 0 Å². The quantitative estimate of drug-likeness (QED) is 0.806. The van der Waals surface area contributed by atoms with Crippen LogP contribution < -0.4 is 11.1 Å². The molecule has 0 aromatic carbocycles. The summed E-state index contributed by atoms with van der Waals surface area (Å²) in [5.74, 6) is -0.159. The highest BCUT2D eigenvalue weighted by atomic mass is 79.9. The molecule has 126 valence electrons. The zero-order chi connectivity index (χ0) is 17.4. The molecule has 0 aliphatic heterocycles. The topological polar surface area (TPSA) is 94.3 Å². The zero-order valence-corrected chi connectivity index (χ0v) is 15.5. The number of pyridine rings is 1. The van der Waals surface area contributed by atoms with Crippen molar-refractivity contribution in [1.82, 2.24) is 10.3 Å². The summed E-state index contributed by atoms with van der Waals surface area (Å²) in [6, 6.07) is 1.71. The van der Waals surface area contributed by atoms with Crippen molar-refractivity contribution >= 4 is 39.5 Å². The number of nitrogens with zero attached hydrogens (tertiary/aromatic N) is 1. The molecule has 1 saturated carbocycles. The minimum Gasteiger partial charge on any atom is -0.446 e. The average Bonchev–Trinajstić information content (AvgIpc) is 2.35. The SMILES string of the molecule is CC1(NC(=O)C(C)(C)c2ncc(Cl)cc2Br)CC(OC(N)=O)C1. The van der Waals surface area contributed by atoms with Crippen LogP contribution in [0.15, 0.2) is 16.7 Å². The van der Waals surface area contributed by atoms with E-state index in [0.29, 0.717) is 28.0 Å². The molecule has 1 heterocycles. The molecular weight excluding hydrogens is 386 g/mol. The number of primary amides is 1. The Balaban J connectivity index is 2.06. The van der Waals surface area contributed by atoms with Crippen LogP contribution in [0.4, 0.5) is 4.79 Å². The number of halogens is 2. The molecule has 1 aromatic heterocycles. The van der Waals surface area contributed by atoms with Gasteiger partial charge in [0.1, 0.15) is 6.10 Å². The number of amides is 2. The molecule has 0 atom stereocenters. The first-order valence-electron chi connectivity index (χ1n) is 7.14. The van der Waals surface area contributed by atoms with E-state index in [1.54, 1.807) is 19.9 Å². The van der Waals surface area contributed by atoms with Gasteiger partial charge in [-0.1, -0.05) is 11.6 Å². The number of carbonyl (C=O) groups excluding carboxylic acids is 2. The van der Waals surface area contributed by atoms with E-state index in [1.807, 2.05) is 6.92 Å². The van der Waals surface area contributed by atoms with Crippen LogP contribution in [-0.4, -0.2) is 28.6 Å². The van der Waals surface area contributed by atoms with Crippen molar-refractivity contribution in [3.63, 3.8) is 0 Å². The lowest BCUT2D eigenvalue weighted by molar-refractivity contribution is -0.130. The number of carbonyl (C=O) groups is 2. The Hall–Kier alpha value is -1.34. The Morgan fingerprint density at radius 1 is 1.52 bits per heavy atom. The predicted molar refractivity (Wildman–Crippen MR) is 90.2 cm³/mol. The maximum absolute atomic E-state index is 12.7. The van der Waals surface area contributed by atoms with Gasteiger partial charge in [-0.15, -0.1) is 0 Å². The van der Waals surface area contributed by atoms with Gasteiger partial charge in [0.05, 0.1) is 16.1 Å². The summed E-state index contributed by atoms with van der Waals surface area (Å²) < 4.78 is 5.60. The van der Waals surface area contributed by atoms with Gasteiger partial charge in [0.25, 0.3) is 0 Å². The second kappa shape index (κ2) is 6.28. The van der Waals surface area contributed by atoms with E-state index >= 15 is 0 Å². The lowest BCUT2D eigenvalue weighted by Crippen LogP contribution is -2.61. The molecule has 0 saturated heterocycles. The number of hydrogen-bond donors (Lipinski definition) is 2. The van der Waals surface area contributed by atoms with Crippen LogP contribution in [0.1, 0.15) is 39.3 Å². The molecule has 1 fully saturated rings. The lowest BCUT2D eigenvalue weighted by atomic mass is 9.74. The van der Waals surface area contributed by atoms with Gasteiger partial charge in [-0.05, 0) is 42.8 Å². The van der Waals surface area contributed by atoms with Crippen LogP contribution in [0.25, 0.3) is 0 Å². The minimum absolute atomic E-state index is 0.159. The monoisotopic (exact) mass is 403 g/mol. The summed E-state index contributed by atoms with van der Waals surface area (Å²) in [6.07, 6.45) is 1.54. The van der Waals surface area contributed by atoms with Crippen LogP contribution in [-0.2, 0) is 14.9 Å². The van der Waals surface area contributed by atoms with E-state index in [-0.39, 0.29) is 12.0 Å². The molecule has 1 aromatic rings. The molecule has 0 bridgehead atoms. The van der Waals surface area contributed by atoms with Crippen molar-refractivity contribution in [3.8, 4) is 0 Å². The maximum Gasteiger partial charge on any atom is 0.404 e. The summed E-state index contributed by atoms with van der Waals surface area (Å²) in [5, 5.41) is 3.51. The smallest absolute Gasteiger partial charge is 0.404 e. The Morgan fingerprint density at radius 3 is 2.65 bits per heavy atom. The second-order valence-electron chi connectivity index (χ2n) is 6.59. The molecule has 1 aliphatic rings. The van der Waals surface area contributed by atoms with E-state index in [4.69, 9.17) is 22.1 Å². The summed E-state index contributed by atoms with van der Waals surface area (Å²) in [5.41, 5.74) is 4.33. The Morgan fingerprint density at radius 2 is 2.13 bits per heavy atom. The molecule has 2 amide bonds. The van der Waals surface area contributed by atoms with Crippen LogP contribution >= 0.6 is 27.5 Å². The molecule has 2 rings (SSSR count). The van der Waals surface area contributed by atoms with Gasteiger partial charge in [-0.25, -0.2) is 4.79 Å². The number of rotatable bonds is 4. The van der Waals surface area contributed by atoms with Gasteiger partial charge in [-0.3, -0.25) is 9.78 Å². The number of ether oxygens (including phenoxy) is 1. The molecule has 0 spiro atoms. The molecular formula is C15H19BrClN3O3. The molecule has 8 heteroatoms. The Labute approximate surface area is 148 Å². The second-order valence-corrected chi connectivity index (χ2v) is 7.88. The minimum atomic E-state index is -0.845. The first-order chi connectivity index (χ1) is 10.5. The standard InChI is InChI=1S/C15H19BrClN3O3/c1-14(2,11-10(16)4-8(17)7-19-11)12(21)20-15(3)5-9(6-15)23-13(18)22/h4,7,9H,5-6H2,1-3H3,(H2,18,22)(H,20,21). The zero-order valence-electron chi connectivity index (χ0n) is 13.2. The largest absolute Gasteiger partial charge is 0.446 e. The normalized spacial score (nSPS) is 23.8. The fourth-order valence-electron chi connectivity index (χ4n) is 2.71. The fraction of sp³-hybridized carbons (Fsp3) is 0.533. The van der Waals surface area contributed by atoms with Crippen LogP contribution in [0.5, 0.6) is 0 Å². The molecule has 0 unspecified atom stereocenters.